The van der Waals surface area contributed by atoms with E-state index < -0.39 is 10.8 Å². The van der Waals surface area contributed by atoms with Crippen molar-refractivity contribution in [3.8, 4) is 22.5 Å². The van der Waals surface area contributed by atoms with E-state index in [0.29, 0.717) is 40.8 Å². The van der Waals surface area contributed by atoms with E-state index >= 15 is 0 Å². The number of anilines is 5. The molecule has 0 radical (unpaired) electrons. The summed E-state index contributed by atoms with van der Waals surface area (Å²) in [6.07, 6.45) is 9.61. The highest BCUT2D eigenvalue weighted by Gasteiger charge is 2.14. The van der Waals surface area contributed by atoms with Gasteiger partial charge in [0.15, 0.2) is 11.3 Å². The maximum atomic E-state index is 11.6. The van der Waals surface area contributed by atoms with Crippen LogP contribution in [0.5, 0.6) is 0 Å². The molecule has 18 heteroatoms. The van der Waals surface area contributed by atoms with Crippen LogP contribution in [0.2, 0.25) is 0 Å². The number of hydrogen-bond acceptors (Lipinski definition) is 15. The van der Waals surface area contributed by atoms with E-state index in [1.807, 2.05) is 116 Å². The van der Waals surface area contributed by atoms with Crippen LogP contribution in [-0.4, -0.2) is 81.6 Å². The maximum absolute atomic E-state index is 11.6. The Morgan fingerprint density at radius 2 is 1.03 bits per heavy atom. The molecule has 6 heterocycles. The Kier molecular flexibility index (Phi) is 14.9. The second-order valence-electron chi connectivity index (χ2n) is 15.3. The van der Waals surface area contributed by atoms with Gasteiger partial charge in [0.1, 0.15) is 24.3 Å². The number of hydrogen-bond donors (Lipinski definition) is 4. The van der Waals surface area contributed by atoms with Gasteiger partial charge in [0.05, 0.1) is 22.2 Å². The largest absolute Gasteiger partial charge is 0.351 e. The van der Waals surface area contributed by atoms with Crippen LogP contribution in [0, 0.1) is 0 Å². The average Bonchev–Trinajstić information content (AvgIpc) is 4.04. The van der Waals surface area contributed by atoms with Gasteiger partial charge in [0.2, 0.25) is 23.0 Å². The summed E-state index contributed by atoms with van der Waals surface area (Å²) in [6.45, 7) is 4.13. The van der Waals surface area contributed by atoms with E-state index in [1.165, 1.54) is 30.0 Å². The Bertz CT molecular complexity index is 3150. The molecule has 1 unspecified atom stereocenters. The van der Waals surface area contributed by atoms with Gasteiger partial charge in [-0.25, -0.2) is 34.9 Å². The first-order valence-corrected chi connectivity index (χ1v) is 23.0. The summed E-state index contributed by atoms with van der Waals surface area (Å²) in [4.78, 5) is 35.2. The molecule has 4 aromatic carbocycles. The van der Waals surface area contributed by atoms with Crippen LogP contribution in [-0.2, 0) is 23.6 Å². The highest BCUT2D eigenvalue weighted by atomic mass is 32.2. The van der Waals surface area contributed by atoms with E-state index in [2.05, 4.69) is 92.2 Å². The summed E-state index contributed by atoms with van der Waals surface area (Å²) in [5, 5.41) is 18.5. The fourth-order valence-electron chi connectivity index (χ4n) is 6.83. The third kappa shape index (κ3) is 12.5. The fourth-order valence-corrected chi connectivity index (χ4v) is 7.27. The third-order valence-electron chi connectivity index (χ3n) is 9.86. The van der Waals surface area contributed by atoms with Crippen molar-refractivity contribution in [1.29, 1.82) is 0 Å². The molecule has 6 aromatic heterocycles. The molecule has 5 N–H and O–H groups in total. The summed E-state index contributed by atoms with van der Waals surface area (Å²) >= 11 is 0. The molecule has 17 nitrogen and oxygen atoms in total. The fraction of sp³-hybridized carbons (Fsp3) is 0.143. The van der Waals surface area contributed by atoms with Crippen molar-refractivity contribution in [3.05, 3.63) is 182 Å². The topological polar surface area (TPSA) is 217 Å². The molecule has 0 aliphatic rings. The Morgan fingerprint density at radius 1 is 0.567 bits per heavy atom. The highest BCUT2D eigenvalue weighted by molar-refractivity contribution is 7.84. The standard InChI is InChI=1S/C24H22N8.C16H13N7OS.C9H13N/c1-17(14-18-8-4-2-5-9-18)28-23-25-13-12-21(30-23)31-24-29-20(19-10-6-3-7-11-19)15-22-26-16-27-32(22)24;1-25(24)16-17-8-7-13(22-16)21-15-20-12(11-5-3-2-4-6-11)9-14-18-10-19-23(14)15;1-8(10)7-9-5-3-2-4-6-9/h2-13,15-17H,14H2,1H3,(H2,25,28,29,30,31);2-10H,1H3,(H,17,20,21,22);2-6,8H,7,10H2,1H3/t17-;;8-/m0.0/s1. The first-order valence-electron chi connectivity index (χ1n) is 21.4. The Balaban J connectivity index is 0.000000154. The van der Waals surface area contributed by atoms with E-state index in [-0.39, 0.29) is 17.2 Å². The van der Waals surface area contributed by atoms with Crippen molar-refractivity contribution >= 4 is 51.6 Å². The minimum absolute atomic E-state index is 0.175. The monoisotopic (exact) mass is 908 g/mol. The van der Waals surface area contributed by atoms with Crippen molar-refractivity contribution in [2.45, 2.75) is 43.9 Å². The van der Waals surface area contributed by atoms with Gasteiger partial charge in [-0.15, -0.1) is 0 Å². The second kappa shape index (κ2) is 22.0. The third-order valence-corrected chi connectivity index (χ3v) is 10.6. The maximum Gasteiger partial charge on any atom is 0.232 e. The first-order chi connectivity index (χ1) is 32.7. The van der Waals surface area contributed by atoms with Crippen LogP contribution in [0.1, 0.15) is 25.0 Å². The van der Waals surface area contributed by atoms with Gasteiger partial charge in [-0.05, 0) is 49.9 Å². The molecular weight excluding hydrogens is 861 g/mol. The number of fused-ring (bicyclic) bond motifs is 2. The zero-order chi connectivity index (χ0) is 46.4. The predicted molar refractivity (Wildman–Crippen MR) is 262 cm³/mol. The van der Waals surface area contributed by atoms with Crippen molar-refractivity contribution in [1.82, 2.24) is 59.1 Å². The quantitative estimate of drug-likeness (QED) is 0.0806. The molecule has 0 saturated heterocycles. The molecule has 10 aromatic rings. The summed E-state index contributed by atoms with van der Waals surface area (Å²) in [5.41, 5.74) is 13.1. The lowest BCUT2D eigenvalue weighted by atomic mass is 10.1. The van der Waals surface area contributed by atoms with Crippen LogP contribution in [0.3, 0.4) is 0 Å². The highest BCUT2D eigenvalue weighted by Crippen LogP contribution is 2.24. The van der Waals surface area contributed by atoms with E-state index in [4.69, 9.17) is 10.7 Å². The zero-order valence-corrected chi connectivity index (χ0v) is 37.8. The van der Waals surface area contributed by atoms with Gasteiger partial charge in [-0.2, -0.15) is 24.2 Å². The average molecular weight is 909 g/mol. The van der Waals surface area contributed by atoms with Gasteiger partial charge in [0, 0.05) is 54.0 Å². The van der Waals surface area contributed by atoms with Gasteiger partial charge in [-0.3, -0.25) is 4.21 Å². The van der Waals surface area contributed by atoms with Crippen LogP contribution in [0.15, 0.2) is 176 Å². The molecule has 0 aliphatic carbocycles. The van der Waals surface area contributed by atoms with Crippen LogP contribution < -0.4 is 21.7 Å². The van der Waals surface area contributed by atoms with Gasteiger partial charge >= 0.3 is 0 Å². The van der Waals surface area contributed by atoms with Crippen molar-refractivity contribution < 1.29 is 4.21 Å². The zero-order valence-electron chi connectivity index (χ0n) is 37.0. The molecule has 0 bridgehead atoms. The normalized spacial score (nSPS) is 12.2. The predicted octanol–water partition coefficient (Wildman–Crippen LogP) is 8.01. The van der Waals surface area contributed by atoms with Gasteiger partial charge in [-0.1, -0.05) is 121 Å². The van der Waals surface area contributed by atoms with E-state index in [1.54, 1.807) is 33.6 Å². The van der Waals surface area contributed by atoms with Crippen LogP contribution in [0.25, 0.3) is 33.8 Å². The molecule has 3 atom stereocenters. The van der Waals surface area contributed by atoms with Crippen LogP contribution in [0.4, 0.5) is 29.5 Å². The lowest BCUT2D eigenvalue weighted by molar-refractivity contribution is 0.680. The molecule has 10 rings (SSSR count). The van der Waals surface area contributed by atoms with Crippen molar-refractivity contribution in [2.75, 3.05) is 22.2 Å². The first kappa shape index (κ1) is 45.2. The molecule has 336 valence electrons. The van der Waals surface area contributed by atoms with E-state index in [0.717, 1.165) is 35.4 Å². The van der Waals surface area contributed by atoms with E-state index in [9.17, 15) is 4.21 Å². The smallest absolute Gasteiger partial charge is 0.232 e. The Morgan fingerprint density at radius 3 is 1.52 bits per heavy atom. The number of nitrogens with two attached hydrogens (primary N) is 1. The number of benzene rings is 4. The Labute approximate surface area is 389 Å². The summed E-state index contributed by atoms with van der Waals surface area (Å²) in [6, 6.07) is 48.1. The van der Waals surface area contributed by atoms with Crippen molar-refractivity contribution in [2.24, 2.45) is 5.73 Å². The van der Waals surface area contributed by atoms with Crippen LogP contribution >= 0.6 is 0 Å². The lowest BCUT2D eigenvalue weighted by Crippen LogP contribution is -2.20. The van der Waals surface area contributed by atoms with Gasteiger partial charge < -0.3 is 21.7 Å². The summed E-state index contributed by atoms with van der Waals surface area (Å²) < 4.78 is 14.8. The summed E-state index contributed by atoms with van der Waals surface area (Å²) in [7, 11) is -1.27. The molecule has 0 aliphatic heterocycles. The molecule has 0 spiro atoms. The molecular formula is C49H48N16OS. The number of rotatable bonds is 13. The van der Waals surface area contributed by atoms with Crippen molar-refractivity contribution in [3.63, 3.8) is 0 Å². The molecule has 0 saturated carbocycles. The number of nitrogens with zero attached hydrogens (tertiary/aromatic N) is 12. The molecule has 0 fully saturated rings. The Hall–Kier alpha value is -8.35. The molecule has 0 amide bonds. The number of nitrogens with one attached hydrogen (secondary N) is 3. The SMILES string of the molecule is CS(=O)c1nccc(Nc2nc(-c3ccccc3)cc3ncnn23)n1.C[C@@H](Cc1ccccc1)Nc1nccc(Nc2nc(-c3ccccc3)cc3ncnn23)n1.C[C@H](N)Cc1ccccc1. The second-order valence-corrected chi connectivity index (χ2v) is 16.6. The molecule has 67 heavy (non-hydrogen) atoms. The minimum Gasteiger partial charge on any atom is -0.351 e. The lowest BCUT2D eigenvalue weighted by Gasteiger charge is -2.15. The summed E-state index contributed by atoms with van der Waals surface area (Å²) in [5.74, 6) is 2.63. The minimum atomic E-state index is -1.27. The number of aromatic nitrogens is 12. The van der Waals surface area contributed by atoms with Gasteiger partial charge in [0.25, 0.3) is 0 Å².